The molecule has 0 amide bonds. The molecule has 0 aliphatic carbocycles. The van der Waals surface area contributed by atoms with Gasteiger partial charge in [0.15, 0.2) is 0 Å². The normalized spacial score (nSPS) is 21.7. The van der Waals surface area contributed by atoms with E-state index in [1.54, 1.807) is 6.20 Å². The Kier molecular flexibility index (Phi) is 2.77. The summed E-state index contributed by atoms with van der Waals surface area (Å²) in [5.74, 6) is 0.998. The number of anilines is 2. The van der Waals surface area contributed by atoms with E-state index in [9.17, 15) is 0 Å². The molecule has 2 N–H and O–H groups in total. The zero-order valence-electron chi connectivity index (χ0n) is 9.23. The maximum atomic E-state index is 5.75. The van der Waals surface area contributed by atoms with E-state index in [0.29, 0.717) is 6.04 Å². The molecule has 1 aromatic rings. The van der Waals surface area contributed by atoms with Crippen LogP contribution in [0.25, 0.3) is 0 Å². The van der Waals surface area contributed by atoms with Gasteiger partial charge in [-0.2, -0.15) is 0 Å². The SMILES string of the molecule is Cc1cc(N2CCOCC2C)ncc1N. The van der Waals surface area contributed by atoms with Crippen LogP contribution in [-0.2, 0) is 4.74 Å². The Hall–Kier alpha value is -1.29. The lowest BCUT2D eigenvalue weighted by molar-refractivity contribution is 0.0985. The van der Waals surface area contributed by atoms with E-state index in [1.165, 1.54) is 0 Å². The average Bonchev–Trinajstić information content (AvgIpc) is 2.23. The van der Waals surface area contributed by atoms with Gasteiger partial charge in [-0.15, -0.1) is 0 Å². The van der Waals surface area contributed by atoms with Crippen LogP contribution in [0.4, 0.5) is 11.5 Å². The number of nitrogens with zero attached hydrogens (tertiary/aromatic N) is 2. The summed E-state index contributed by atoms with van der Waals surface area (Å²) in [5, 5.41) is 0. The highest BCUT2D eigenvalue weighted by molar-refractivity contribution is 5.52. The second-order valence-corrected chi connectivity index (χ2v) is 4.02. The average molecular weight is 207 g/mol. The molecule has 2 rings (SSSR count). The van der Waals surface area contributed by atoms with Gasteiger partial charge >= 0.3 is 0 Å². The number of nitrogen functional groups attached to an aromatic ring is 1. The molecule has 0 aromatic carbocycles. The van der Waals surface area contributed by atoms with Crippen molar-refractivity contribution < 1.29 is 4.74 Å². The quantitative estimate of drug-likeness (QED) is 0.751. The highest BCUT2D eigenvalue weighted by atomic mass is 16.5. The van der Waals surface area contributed by atoms with Crippen molar-refractivity contribution in [2.24, 2.45) is 0 Å². The third-order valence-corrected chi connectivity index (χ3v) is 2.80. The van der Waals surface area contributed by atoms with Crippen LogP contribution < -0.4 is 10.6 Å². The van der Waals surface area contributed by atoms with Gasteiger partial charge < -0.3 is 15.4 Å². The van der Waals surface area contributed by atoms with Crippen LogP contribution in [0.15, 0.2) is 12.3 Å². The number of ether oxygens (including phenoxy) is 1. The van der Waals surface area contributed by atoms with Crippen LogP contribution in [0.1, 0.15) is 12.5 Å². The molecule has 0 radical (unpaired) electrons. The monoisotopic (exact) mass is 207 g/mol. The lowest BCUT2D eigenvalue weighted by Crippen LogP contribution is -2.44. The Morgan fingerprint density at radius 3 is 3.07 bits per heavy atom. The van der Waals surface area contributed by atoms with Crippen molar-refractivity contribution >= 4 is 11.5 Å². The highest BCUT2D eigenvalue weighted by Crippen LogP contribution is 2.20. The van der Waals surface area contributed by atoms with Gasteiger partial charge in [0.2, 0.25) is 0 Å². The molecule has 1 saturated heterocycles. The molecule has 0 spiro atoms. The first-order valence-corrected chi connectivity index (χ1v) is 5.25. The Morgan fingerprint density at radius 2 is 2.40 bits per heavy atom. The molecule has 2 heterocycles. The number of hydrogen-bond acceptors (Lipinski definition) is 4. The second-order valence-electron chi connectivity index (χ2n) is 4.02. The zero-order chi connectivity index (χ0) is 10.8. The van der Waals surface area contributed by atoms with Gasteiger partial charge in [-0.1, -0.05) is 0 Å². The number of morpholine rings is 1. The van der Waals surface area contributed by atoms with Gasteiger partial charge in [-0.05, 0) is 25.5 Å². The van der Waals surface area contributed by atoms with Gasteiger partial charge in [0.1, 0.15) is 5.82 Å². The summed E-state index contributed by atoms with van der Waals surface area (Å²) in [5.41, 5.74) is 7.58. The zero-order valence-corrected chi connectivity index (χ0v) is 9.23. The smallest absolute Gasteiger partial charge is 0.129 e. The summed E-state index contributed by atoms with van der Waals surface area (Å²) >= 11 is 0. The van der Waals surface area contributed by atoms with Crippen molar-refractivity contribution in [2.45, 2.75) is 19.9 Å². The third kappa shape index (κ3) is 2.04. The molecular weight excluding hydrogens is 190 g/mol. The van der Waals surface area contributed by atoms with Gasteiger partial charge in [-0.3, -0.25) is 0 Å². The number of aryl methyl sites for hydroxylation is 1. The van der Waals surface area contributed by atoms with E-state index in [1.807, 2.05) is 13.0 Å². The molecule has 15 heavy (non-hydrogen) atoms. The second kappa shape index (κ2) is 4.06. The number of hydrogen-bond donors (Lipinski definition) is 1. The number of aromatic nitrogens is 1. The molecule has 1 aliphatic heterocycles. The van der Waals surface area contributed by atoms with Crippen LogP contribution in [0.2, 0.25) is 0 Å². The van der Waals surface area contributed by atoms with Crippen molar-refractivity contribution in [2.75, 3.05) is 30.4 Å². The predicted molar refractivity (Wildman–Crippen MR) is 61.0 cm³/mol. The van der Waals surface area contributed by atoms with Crippen LogP contribution >= 0.6 is 0 Å². The molecule has 1 aromatic heterocycles. The molecule has 1 aliphatic rings. The van der Waals surface area contributed by atoms with Crippen molar-refractivity contribution in [1.29, 1.82) is 0 Å². The van der Waals surface area contributed by atoms with Crippen LogP contribution in [0, 0.1) is 6.92 Å². The van der Waals surface area contributed by atoms with E-state index < -0.39 is 0 Å². The van der Waals surface area contributed by atoms with Crippen molar-refractivity contribution in [1.82, 2.24) is 4.98 Å². The fourth-order valence-corrected chi connectivity index (χ4v) is 1.78. The van der Waals surface area contributed by atoms with E-state index >= 15 is 0 Å². The first-order valence-electron chi connectivity index (χ1n) is 5.25. The molecule has 1 fully saturated rings. The van der Waals surface area contributed by atoms with Crippen LogP contribution in [0.5, 0.6) is 0 Å². The standard InChI is InChI=1S/C11H17N3O/c1-8-5-11(13-6-10(8)12)14-3-4-15-7-9(14)2/h5-6,9H,3-4,7,12H2,1-2H3. The molecule has 0 bridgehead atoms. The van der Waals surface area contributed by atoms with E-state index in [4.69, 9.17) is 10.5 Å². The lowest BCUT2D eigenvalue weighted by Gasteiger charge is -2.34. The maximum absolute atomic E-state index is 5.75. The maximum Gasteiger partial charge on any atom is 0.129 e. The van der Waals surface area contributed by atoms with Crippen molar-refractivity contribution in [3.8, 4) is 0 Å². The van der Waals surface area contributed by atoms with Crippen LogP contribution in [-0.4, -0.2) is 30.8 Å². The Morgan fingerprint density at radius 1 is 1.60 bits per heavy atom. The largest absolute Gasteiger partial charge is 0.397 e. The summed E-state index contributed by atoms with van der Waals surface area (Å²) in [6.45, 7) is 6.59. The fourth-order valence-electron chi connectivity index (χ4n) is 1.78. The summed E-state index contributed by atoms with van der Waals surface area (Å²) in [4.78, 5) is 6.62. The predicted octanol–water partition coefficient (Wildman–Crippen LogP) is 1.20. The first-order chi connectivity index (χ1) is 7.18. The van der Waals surface area contributed by atoms with E-state index in [-0.39, 0.29) is 0 Å². The fraction of sp³-hybridized carbons (Fsp3) is 0.545. The van der Waals surface area contributed by atoms with Crippen LogP contribution in [0.3, 0.4) is 0 Å². The summed E-state index contributed by atoms with van der Waals surface area (Å²) in [6, 6.07) is 2.42. The molecule has 4 heteroatoms. The highest BCUT2D eigenvalue weighted by Gasteiger charge is 2.20. The Balaban J connectivity index is 2.24. The van der Waals surface area contributed by atoms with Gasteiger partial charge in [-0.25, -0.2) is 4.98 Å². The molecular formula is C11H17N3O. The molecule has 1 atom stereocenters. The van der Waals surface area contributed by atoms with Crippen molar-refractivity contribution in [3.63, 3.8) is 0 Å². The van der Waals surface area contributed by atoms with Gasteiger partial charge in [0.05, 0.1) is 31.1 Å². The minimum atomic E-state index is 0.384. The number of pyridine rings is 1. The molecule has 1 unspecified atom stereocenters. The van der Waals surface area contributed by atoms with Gasteiger partial charge in [0.25, 0.3) is 0 Å². The summed E-state index contributed by atoms with van der Waals surface area (Å²) in [7, 11) is 0. The summed E-state index contributed by atoms with van der Waals surface area (Å²) in [6.07, 6.45) is 1.73. The first kappa shape index (κ1) is 10.2. The minimum absolute atomic E-state index is 0.384. The topological polar surface area (TPSA) is 51.4 Å². The Labute approximate surface area is 90.0 Å². The van der Waals surface area contributed by atoms with Gasteiger partial charge in [0, 0.05) is 6.54 Å². The number of rotatable bonds is 1. The molecule has 82 valence electrons. The van der Waals surface area contributed by atoms with E-state index in [2.05, 4.69) is 16.8 Å². The lowest BCUT2D eigenvalue weighted by atomic mass is 10.2. The number of nitrogens with two attached hydrogens (primary N) is 1. The minimum Gasteiger partial charge on any atom is -0.397 e. The third-order valence-electron chi connectivity index (χ3n) is 2.80. The van der Waals surface area contributed by atoms with E-state index in [0.717, 1.165) is 36.8 Å². The molecule has 4 nitrogen and oxygen atoms in total. The summed E-state index contributed by atoms with van der Waals surface area (Å²) < 4.78 is 5.39. The van der Waals surface area contributed by atoms with Crippen molar-refractivity contribution in [3.05, 3.63) is 17.8 Å². The molecule has 0 saturated carbocycles. The Bertz CT molecular complexity index is 354.